The van der Waals surface area contributed by atoms with E-state index in [1.165, 1.54) is 19.1 Å². The van der Waals surface area contributed by atoms with Crippen molar-refractivity contribution in [1.82, 2.24) is 5.06 Å². The van der Waals surface area contributed by atoms with Crippen LogP contribution in [-0.4, -0.2) is 60.1 Å². The highest BCUT2D eigenvalue weighted by Crippen LogP contribution is 2.33. The number of alkyl halides is 1. The Balaban J connectivity index is 1.83. The summed E-state index contributed by atoms with van der Waals surface area (Å²) in [6, 6.07) is 6.12. The SMILES string of the molecule is CC(=O)OC[C@H]1OC(ON2C(=O)c3ccccc3C2=O)[C@H](OC(C)=O)C(C)[C@H]1F. The molecule has 0 saturated carbocycles. The molecule has 2 aliphatic rings. The zero-order valence-corrected chi connectivity index (χ0v) is 16.0. The molecule has 0 aromatic heterocycles. The summed E-state index contributed by atoms with van der Waals surface area (Å²) in [5.74, 6) is -3.71. The third-order valence-electron chi connectivity index (χ3n) is 4.67. The Hall–Kier alpha value is -2.85. The monoisotopic (exact) mass is 409 g/mol. The van der Waals surface area contributed by atoms with Gasteiger partial charge in [0.2, 0.25) is 6.29 Å². The van der Waals surface area contributed by atoms with E-state index >= 15 is 0 Å². The van der Waals surface area contributed by atoms with Gasteiger partial charge in [0.1, 0.15) is 18.9 Å². The van der Waals surface area contributed by atoms with Crippen molar-refractivity contribution in [3.05, 3.63) is 35.4 Å². The average Bonchev–Trinajstić information content (AvgIpc) is 2.91. The van der Waals surface area contributed by atoms with Crippen LogP contribution in [0.3, 0.4) is 0 Å². The number of hydrogen-bond donors (Lipinski definition) is 0. The molecule has 2 unspecified atom stereocenters. The molecule has 9 nitrogen and oxygen atoms in total. The normalized spacial score (nSPS) is 28.8. The molecule has 2 aliphatic heterocycles. The fourth-order valence-electron chi connectivity index (χ4n) is 3.23. The smallest absolute Gasteiger partial charge is 0.303 e. The third-order valence-corrected chi connectivity index (χ3v) is 4.67. The first-order chi connectivity index (χ1) is 13.7. The Labute approximate surface area is 165 Å². The first kappa shape index (κ1) is 20.9. The van der Waals surface area contributed by atoms with Crippen LogP contribution >= 0.6 is 0 Å². The van der Waals surface area contributed by atoms with E-state index in [4.69, 9.17) is 19.0 Å². The lowest BCUT2D eigenvalue weighted by Gasteiger charge is -2.41. The molecule has 0 radical (unpaired) electrons. The fraction of sp³-hybridized carbons (Fsp3) is 0.474. The van der Waals surface area contributed by atoms with E-state index < -0.39 is 60.9 Å². The van der Waals surface area contributed by atoms with Gasteiger partial charge in [0, 0.05) is 19.8 Å². The van der Waals surface area contributed by atoms with Crippen molar-refractivity contribution in [1.29, 1.82) is 0 Å². The number of ether oxygens (including phenoxy) is 3. The molecule has 10 heteroatoms. The lowest BCUT2D eigenvalue weighted by atomic mass is 9.92. The number of hydrogen-bond acceptors (Lipinski definition) is 8. The topological polar surface area (TPSA) is 108 Å². The van der Waals surface area contributed by atoms with Gasteiger partial charge in [0.05, 0.1) is 11.1 Å². The van der Waals surface area contributed by atoms with E-state index in [1.54, 1.807) is 12.1 Å². The zero-order chi connectivity index (χ0) is 21.3. The zero-order valence-electron chi connectivity index (χ0n) is 16.0. The van der Waals surface area contributed by atoms with Gasteiger partial charge < -0.3 is 14.2 Å². The number of halogens is 1. The molecule has 3 rings (SSSR count). The molecule has 0 aliphatic carbocycles. The Morgan fingerprint density at radius 1 is 1.10 bits per heavy atom. The van der Waals surface area contributed by atoms with Gasteiger partial charge in [-0.25, -0.2) is 9.23 Å². The van der Waals surface area contributed by atoms with Crippen LogP contribution in [0.25, 0.3) is 0 Å². The maximum atomic E-state index is 14.7. The summed E-state index contributed by atoms with van der Waals surface area (Å²) in [5.41, 5.74) is 0.287. The highest BCUT2D eigenvalue weighted by Gasteiger charge is 2.50. The van der Waals surface area contributed by atoms with Crippen LogP contribution in [0, 0.1) is 5.92 Å². The van der Waals surface area contributed by atoms with E-state index in [1.807, 2.05) is 0 Å². The summed E-state index contributed by atoms with van der Waals surface area (Å²) in [7, 11) is 0. The van der Waals surface area contributed by atoms with Crippen LogP contribution in [0.2, 0.25) is 0 Å². The van der Waals surface area contributed by atoms with Crippen LogP contribution in [0.1, 0.15) is 41.5 Å². The predicted octanol–water partition coefficient (Wildman–Crippen LogP) is 1.41. The number of imide groups is 1. The molecule has 2 heterocycles. The minimum Gasteiger partial charge on any atom is -0.463 e. The Kier molecular flexibility index (Phi) is 5.94. The maximum Gasteiger partial charge on any atom is 0.303 e. The van der Waals surface area contributed by atoms with Crippen molar-refractivity contribution in [2.24, 2.45) is 5.92 Å². The van der Waals surface area contributed by atoms with Crippen molar-refractivity contribution in [3.8, 4) is 0 Å². The van der Waals surface area contributed by atoms with Gasteiger partial charge in [0.25, 0.3) is 11.8 Å². The average molecular weight is 409 g/mol. The number of rotatable bonds is 5. The molecule has 1 saturated heterocycles. The summed E-state index contributed by atoms with van der Waals surface area (Å²) in [6.07, 6.45) is -5.59. The standard InChI is InChI=1S/C19H20FNO8/c1-9-15(20)14(8-26-10(2)22)28-19(16(9)27-11(3)23)29-21-17(24)12-6-4-5-7-13(12)18(21)25/h4-7,9,14-16,19H,8H2,1-3H3/t9?,14-,15-,16-,19?/m1/s1. The Morgan fingerprint density at radius 3 is 2.21 bits per heavy atom. The van der Waals surface area contributed by atoms with E-state index in [-0.39, 0.29) is 11.1 Å². The second-order valence-electron chi connectivity index (χ2n) is 6.78. The molecule has 1 fully saturated rings. The molecule has 1 aromatic rings. The highest BCUT2D eigenvalue weighted by molar-refractivity contribution is 6.20. The largest absolute Gasteiger partial charge is 0.463 e. The van der Waals surface area contributed by atoms with Gasteiger partial charge in [-0.2, -0.15) is 0 Å². The van der Waals surface area contributed by atoms with Crippen LogP contribution in [-0.2, 0) is 28.6 Å². The Bertz CT molecular complexity index is 806. The lowest BCUT2D eigenvalue weighted by Crippen LogP contribution is -2.57. The molecular weight excluding hydrogens is 389 g/mol. The number of esters is 2. The molecule has 2 amide bonds. The first-order valence-corrected chi connectivity index (χ1v) is 8.95. The van der Waals surface area contributed by atoms with E-state index in [2.05, 4.69) is 0 Å². The van der Waals surface area contributed by atoms with Gasteiger partial charge in [-0.1, -0.05) is 19.1 Å². The van der Waals surface area contributed by atoms with E-state index in [0.717, 1.165) is 13.8 Å². The number of fused-ring (bicyclic) bond motifs is 1. The highest BCUT2D eigenvalue weighted by atomic mass is 19.1. The maximum absolute atomic E-state index is 14.7. The minimum atomic E-state index is -1.65. The van der Waals surface area contributed by atoms with Gasteiger partial charge in [-0.05, 0) is 12.1 Å². The summed E-state index contributed by atoms with van der Waals surface area (Å²) >= 11 is 0. The second kappa shape index (κ2) is 8.26. The number of amides is 2. The predicted molar refractivity (Wildman–Crippen MR) is 92.9 cm³/mol. The molecule has 0 N–H and O–H groups in total. The number of nitrogens with zero attached hydrogens (tertiary/aromatic N) is 1. The molecule has 29 heavy (non-hydrogen) atoms. The summed E-state index contributed by atoms with van der Waals surface area (Å²) in [5, 5.41) is 0.500. The van der Waals surface area contributed by atoms with Crippen LogP contribution in [0.15, 0.2) is 24.3 Å². The first-order valence-electron chi connectivity index (χ1n) is 8.95. The Morgan fingerprint density at radius 2 is 1.69 bits per heavy atom. The van der Waals surface area contributed by atoms with Gasteiger partial charge in [-0.15, -0.1) is 5.06 Å². The van der Waals surface area contributed by atoms with Crippen molar-refractivity contribution in [2.75, 3.05) is 6.61 Å². The molecule has 156 valence electrons. The summed E-state index contributed by atoms with van der Waals surface area (Å²) in [4.78, 5) is 53.0. The number of benzene rings is 1. The van der Waals surface area contributed by atoms with Crippen LogP contribution in [0.5, 0.6) is 0 Å². The lowest BCUT2D eigenvalue weighted by molar-refractivity contribution is -0.324. The van der Waals surface area contributed by atoms with Crippen molar-refractivity contribution < 1.29 is 42.6 Å². The molecule has 1 aromatic carbocycles. The molecule has 5 atom stereocenters. The van der Waals surface area contributed by atoms with Crippen LogP contribution in [0.4, 0.5) is 4.39 Å². The van der Waals surface area contributed by atoms with Gasteiger partial charge >= 0.3 is 11.9 Å². The quantitative estimate of drug-likeness (QED) is 0.531. The van der Waals surface area contributed by atoms with E-state index in [0.29, 0.717) is 5.06 Å². The fourth-order valence-corrected chi connectivity index (χ4v) is 3.23. The third kappa shape index (κ3) is 4.13. The second-order valence-corrected chi connectivity index (χ2v) is 6.78. The van der Waals surface area contributed by atoms with E-state index in [9.17, 15) is 23.6 Å². The number of carbonyl (C=O) groups is 4. The molecule has 0 spiro atoms. The summed E-state index contributed by atoms with van der Waals surface area (Å²) in [6.45, 7) is 3.34. The van der Waals surface area contributed by atoms with Gasteiger partial charge in [0.15, 0.2) is 6.10 Å². The minimum absolute atomic E-state index is 0.144. The van der Waals surface area contributed by atoms with Crippen molar-refractivity contribution >= 4 is 23.8 Å². The summed E-state index contributed by atoms with van der Waals surface area (Å²) < 4.78 is 30.2. The number of carbonyl (C=O) groups excluding carboxylic acids is 4. The number of hydroxylamine groups is 2. The molecular formula is C19H20FNO8. The van der Waals surface area contributed by atoms with Gasteiger partial charge in [-0.3, -0.25) is 19.2 Å². The van der Waals surface area contributed by atoms with Crippen LogP contribution < -0.4 is 0 Å². The van der Waals surface area contributed by atoms with Crippen molar-refractivity contribution in [2.45, 2.75) is 45.4 Å². The van der Waals surface area contributed by atoms with Crippen molar-refractivity contribution in [3.63, 3.8) is 0 Å². The molecule has 0 bridgehead atoms.